The summed E-state index contributed by atoms with van der Waals surface area (Å²) in [6, 6.07) is 5.65. The quantitative estimate of drug-likeness (QED) is 0.634. The van der Waals surface area contributed by atoms with Crippen LogP contribution in [0.25, 0.3) is 0 Å². The van der Waals surface area contributed by atoms with Crippen LogP contribution in [-0.4, -0.2) is 31.5 Å². The van der Waals surface area contributed by atoms with E-state index in [9.17, 15) is 5.11 Å². The highest BCUT2D eigenvalue weighted by Gasteiger charge is 2.04. The van der Waals surface area contributed by atoms with Gasteiger partial charge in [-0.1, -0.05) is 6.07 Å². The van der Waals surface area contributed by atoms with Crippen molar-refractivity contribution in [1.82, 2.24) is 0 Å². The number of rotatable bonds is 5. The summed E-state index contributed by atoms with van der Waals surface area (Å²) in [6.45, 7) is 2.77. The number of nitrogen functional groups attached to an aromatic ring is 1. The molecule has 4 N–H and O–H groups in total. The predicted octanol–water partition coefficient (Wildman–Crippen LogP) is 0.996. The van der Waals surface area contributed by atoms with Crippen LogP contribution in [0, 0.1) is 6.92 Å². The molecule has 1 unspecified atom stereocenters. The van der Waals surface area contributed by atoms with E-state index in [4.69, 9.17) is 10.5 Å². The Morgan fingerprint density at radius 1 is 1.53 bits per heavy atom. The molecule has 0 fully saturated rings. The van der Waals surface area contributed by atoms with Crippen LogP contribution >= 0.6 is 0 Å². The molecule has 15 heavy (non-hydrogen) atoms. The van der Waals surface area contributed by atoms with Gasteiger partial charge in [-0.05, 0) is 24.6 Å². The smallest absolute Gasteiger partial charge is 0.0945 e. The number of aliphatic hydroxyl groups is 1. The molecule has 0 aliphatic heterocycles. The topological polar surface area (TPSA) is 67.5 Å². The van der Waals surface area contributed by atoms with E-state index in [0.717, 1.165) is 11.3 Å². The van der Waals surface area contributed by atoms with Gasteiger partial charge in [0.1, 0.15) is 0 Å². The second-order valence-electron chi connectivity index (χ2n) is 3.56. The second-order valence-corrected chi connectivity index (χ2v) is 3.56. The average Bonchev–Trinajstić information content (AvgIpc) is 2.20. The molecule has 0 aliphatic rings. The lowest BCUT2D eigenvalue weighted by molar-refractivity contribution is 0.0727. The average molecular weight is 210 g/mol. The van der Waals surface area contributed by atoms with Crippen LogP contribution in [-0.2, 0) is 4.74 Å². The third-order valence-electron chi connectivity index (χ3n) is 2.15. The van der Waals surface area contributed by atoms with Gasteiger partial charge in [0.15, 0.2) is 0 Å². The van der Waals surface area contributed by atoms with Crippen LogP contribution in [0.1, 0.15) is 5.56 Å². The summed E-state index contributed by atoms with van der Waals surface area (Å²) in [5.41, 5.74) is 8.43. The highest BCUT2D eigenvalue weighted by molar-refractivity contribution is 5.59. The maximum atomic E-state index is 9.45. The van der Waals surface area contributed by atoms with Crippen LogP contribution in [0.15, 0.2) is 18.2 Å². The van der Waals surface area contributed by atoms with Crippen LogP contribution in [0.2, 0.25) is 0 Å². The number of anilines is 2. The fourth-order valence-electron chi connectivity index (χ4n) is 1.31. The molecule has 4 nitrogen and oxygen atoms in total. The van der Waals surface area contributed by atoms with Gasteiger partial charge in [-0.25, -0.2) is 0 Å². The normalized spacial score (nSPS) is 12.5. The van der Waals surface area contributed by atoms with Crippen molar-refractivity contribution < 1.29 is 9.84 Å². The zero-order chi connectivity index (χ0) is 11.3. The lowest BCUT2D eigenvalue weighted by Crippen LogP contribution is -2.24. The van der Waals surface area contributed by atoms with Crippen molar-refractivity contribution in [3.05, 3.63) is 23.8 Å². The Balaban J connectivity index is 2.53. The maximum Gasteiger partial charge on any atom is 0.0945 e. The number of methoxy groups -OCH3 is 1. The van der Waals surface area contributed by atoms with Gasteiger partial charge in [-0.3, -0.25) is 0 Å². The fourth-order valence-corrected chi connectivity index (χ4v) is 1.31. The molecular weight excluding hydrogens is 192 g/mol. The lowest BCUT2D eigenvalue weighted by atomic mass is 10.2. The Hall–Kier alpha value is -1.26. The van der Waals surface area contributed by atoms with Gasteiger partial charge in [0, 0.05) is 25.0 Å². The Morgan fingerprint density at radius 3 is 2.93 bits per heavy atom. The summed E-state index contributed by atoms with van der Waals surface area (Å²) in [4.78, 5) is 0. The minimum atomic E-state index is -0.504. The maximum absolute atomic E-state index is 9.45. The number of aliphatic hydroxyl groups excluding tert-OH is 1. The molecule has 0 amide bonds. The molecule has 0 aliphatic carbocycles. The van der Waals surface area contributed by atoms with Crippen molar-refractivity contribution in [2.45, 2.75) is 13.0 Å². The van der Waals surface area contributed by atoms with Crippen molar-refractivity contribution >= 4 is 11.4 Å². The summed E-state index contributed by atoms with van der Waals surface area (Å²) >= 11 is 0. The van der Waals surface area contributed by atoms with Crippen molar-refractivity contribution in [3.63, 3.8) is 0 Å². The van der Waals surface area contributed by atoms with Crippen LogP contribution < -0.4 is 11.1 Å². The SMILES string of the molecule is COCC(O)CNc1cc(N)ccc1C. The molecule has 0 radical (unpaired) electrons. The van der Waals surface area contributed by atoms with E-state index in [-0.39, 0.29) is 0 Å². The van der Waals surface area contributed by atoms with Gasteiger partial charge >= 0.3 is 0 Å². The van der Waals surface area contributed by atoms with Crippen molar-refractivity contribution in [2.75, 3.05) is 31.3 Å². The van der Waals surface area contributed by atoms with E-state index in [1.165, 1.54) is 0 Å². The molecule has 0 aromatic heterocycles. The number of nitrogens with two attached hydrogens (primary N) is 1. The highest BCUT2D eigenvalue weighted by Crippen LogP contribution is 2.17. The van der Waals surface area contributed by atoms with Gasteiger partial charge in [0.25, 0.3) is 0 Å². The van der Waals surface area contributed by atoms with E-state index in [2.05, 4.69) is 5.32 Å². The number of nitrogens with one attached hydrogen (secondary N) is 1. The molecule has 1 rings (SSSR count). The molecule has 0 saturated heterocycles. The number of hydrogen-bond acceptors (Lipinski definition) is 4. The molecule has 4 heteroatoms. The molecule has 0 bridgehead atoms. The molecule has 1 atom stereocenters. The van der Waals surface area contributed by atoms with E-state index in [1.807, 2.05) is 25.1 Å². The Labute approximate surface area is 90.1 Å². The molecule has 84 valence electrons. The summed E-state index contributed by atoms with van der Waals surface area (Å²) < 4.78 is 4.83. The summed E-state index contributed by atoms with van der Waals surface area (Å²) in [7, 11) is 1.56. The molecule has 0 spiro atoms. The van der Waals surface area contributed by atoms with Gasteiger partial charge in [-0.2, -0.15) is 0 Å². The first-order valence-electron chi connectivity index (χ1n) is 4.90. The van der Waals surface area contributed by atoms with Crippen LogP contribution in [0.5, 0.6) is 0 Å². The molecule has 1 aromatic rings. The Bertz CT molecular complexity index is 315. The molecular formula is C11H18N2O2. The second kappa shape index (κ2) is 5.58. The third-order valence-corrected chi connectivity index (χ3v) is 2.15. The number of ether oxygens (including phenoxy) is 1. The summed E-state index contributed by atoms with van der Waals surface area (Å²) in [5.74, 6) is 0. The van der Waals surface area contributed by atoms with E-state index < -0.39 is 6.10 Å². The highest BCUT2D eigenvalue weighted by atomic mass is 16.5. The minimum Gasteiger partial charge on any atom is -0.399 e. The summed E-state index contributed by atoms with van der Waals surface area (Å²) in [6.07, 6.45) is -0.504. The monoisotopic (exact) mass is 210 g/mol. The van der Waals surface area contributed by atoms with Gasteiger partial charge in [0.05, 0.1) is 12.7 Å². The first-order valence-corrected chi connectivity index (χ1v) is 4.90. The lowest BCUT2D eigenvalue weighted by Gasteiger charge is -2.14. The molecule has 1 aromatic carbocycles. The van der Waals surface area contributed by atoms with E-state index in [1.54, 1.807) is 7.11 Å². The van der Waals surface area contributed by atoms with Crippen LogP contribution in [0.4, 0.5) is 11.4 Å². The zero-order valence-electron chi connectivity index (χ0n) is 9.16. The van der Waals surface area contributed by atoms with Crippen molar-refractivity contribution in [2.24, 2.45) is 0 Å². The molecule has 0 heterocycles. The zero-order valence-corrected chi connectivity index (χ0v) is 9.16. The first kappa shape index (κ1) is 11.8. The first-order chi connectivity index (χ1) is 7.13. The number of aryl methyl sites for hydroxylation is 1. The van der Waals surface area contributed by atoms with Gasteiger partial charge in [0.2, 0.25) is 0 Å². The van der Waals surface area contributed by atoms with Gasteiger partial charge < -0.3 is 20.9 Å². The Morgan fingerprint density at radius 2 is 2.27 bits per heavy atom. The van der Waals surface area contributed by atoms with Crippen LogP contribution in [0.3, 0.4) is 0 Å². The van der Waals surface area contributed by atoms with E-state index >= 15 is 0 Å². The fraction of sp³-hybridized carbons (Fsp3) is 0.455. The van der Waals surface area contributed by atoms with E-state index in [0.29, 0.717) is 18.8 Å². The van der Waals surface area contributed by atoms with Crippen molar-refractivity contribution in [3.8, 4) is 0 Å². The van der Waals surface area contributed by atoms with Crippen molar-refractivity contribution in [1.29, 1.82) is 0 Å². The Kier molecular flexibility index (Phi) is 4.39. The summed E-state index contributed by atoms with van der Waals surface area (Å²) in [5, 5.41) is 12.6. The largest absolute Gasteiger partial charge is 0.399 e. The standard InChI is InChI=1S/C11H18N2O2/c1-8-3-4-9(12)5-11(8)13-6-10(14)7-15-2/h3-5,10,13-14H,6-7,12H2,1-2H3. The van der Waals surface area contributed by atoms with Gasteiger partial charge in [-0.15, -0.1) is 0 Å². The minimum absolute atomic E-state index is 0.328. The third kappa shape index (κ3) is 3.77. The molecule has 0 saturated carbocycles. The number of hydrogen-bond donors (Lipinski definition) is 3. The predicted molar refractivity (Wildman–Crippen MR) is 62.0 cm³/mol. The number of benzene rings is 1.